The maximum Gasteiger partial charge on any atom is 0.632 e. The van der Waals surface area contributed by atoms with E-state index in [0.29, 0.717) is 17.4 Å². The zero-order valence-corrected chi connectivity index (χ0v) is 17.0. The summed E-state index contributed by atoms with van der Waals surface area (Å²) in [6.07, 6.45) is 6.00. The Labute approximate surface area is 175 Å². The monoisotopic (exact) mass is 405 g/mol. The van der Waals surface area contributed by atoms with Gasteiger partial charge in [-0.2, -0.15) is 0 Å². The topological polar surface area (TPSA) is 68.5 Å². The van der Waals surface area contributed by atoms with Crippen LogP contribution < -0.4 is 14.0 Å². The number of rotatable bonds is 3. The Morgan fingerprint density at radius 1 is 1.00 bits per heavy atom. The molecule has 154 valence electrons. The molecule has 1 saturated carbocycles. The Morgan fingerprint density at radius 3 is 2.57 bits per heavy atom. The summed E-state index contributed by atoms with van der Waals surface area (Å²) >= 11 is 0. The van der Waals surface area contributed by atoms with Crippen LogP contribution in [0.1, 0.15) is 43.7 Å². The number of hydrogen-bond donors (Lipinski definition) is 2. The van der Waals surface area contributed by atoms with Crippen LogP contribution in [0.15, 0.2) is 48.5 Å². The molecule has 0 atom stereocenters. The summed E-state index contributed by atoms with van der Waals surface area (Å²) in [6, 6.07) is 15.4. The fourth-order valence-electron chi connectivity index (χ4n) is 5.01. The number of aromatic hydroxyl groups is 2. The quantitative estimate of drug-likeness (QED) is 0.659. The molecule has 5 rings (SSSR count). The van der Waals surface area contributed by atoms with Gasteiger partial charge >= 0.3 is 11.9 Å². The zero-order valence-electron chi connectivity index (χ0n) is 17.0. The highest BCUT2D eigenvalue weighted by Gasteiger charge is 2.40. The van der Waals surface area contributed by atoms with Crippen LogP contribution in [0.25, 0.3) is 10.9 Å². The number of benzene rings is 2. The van der Waals surface area contributed by atoms with E-state index in [1.54, 1.807) is 14.0 Å². The Kier molecular flexibility index (Phi) is 4.77. The molecule has 6 nitrogen and oxygen atoms in total. The van der Waals surface area contributed by atoms with Gasteiger partial charge < -0.3 is 15.1 Å². The highest BCUT2D eigenvalue weighted by atomic mass is 16.3. The lowest BCUT2D eigenvalue weighted by Crippen LogP contribution is -2.54. The molecule has 0 bridgehead atoms. The van der Waals surface area contributed by atoms with Gasteiger partial charge in [0.25, 0.3) is 5.91 Å². The lowest BCUT2D eigenvalue weighted by molar-refractivity contribution is -0.830. The van der Waals surface area contributed by atoms with E-state index in [4.69, 9.17) is 0 Å². The van der Waals surface area contributed by atoms with Gasteiger partial charge in [0.15, 0.2) is 11.4 Å². The molecule has 1 aliphatic carbocycles. The second kappa shape index (κ2) is 7.59. The summed E-state index contributed by atoms with van der Waals surface area (Å²) in [5, 5.41) is 22.8. The normalized spacial score (nSPS) is 16.7. The minimum Gasteiger partial charge on any atom is -0.459 e. The minimum atomic E-state index is -0.0636. The second-order valence-corrected chi connectivity index (χ2v) is 8.31. The van der Waals surface area contributed by atoms with Crippen LogP contribution in [0.3, 0.4) is 0 Å². The number of fused-ring (bicyclic) bond motifs is 2. The first-order valence-corrected chi connectivity index (χ1v) is 10.8. The molecule has 30 heavy (non-hydrogen) atoms. The summed E-state index contributed by atoms with van der Waals surface area (Å²) in [5.41, 5.74) is 2.78. The predicted octanol–water partition coefficient (Wildman–Crippen LogP) is 2.92. The first-order chi connectivity index (χ1) is 14.6. The van der Waals surface area contributed by atoms with Gasteiger partial charge in [0.2, 0.25) is 12.1 Å². The van der Waals surface area contributed by atoms with Crippen LogP contribution in [0.2, 0.25) is 0 Å². The van der Waals surface area contributed by atoms with E-state index in [1.165, 1.54) is 12.0 Å². The van der Waals surface area contributed by atoms with Crippen LogP contribution in [-0.4, -0.2) is 22.7 Å². The van der Waals surface area contributed by atoms with E-state index in [9.17, 15) is 15.0 Å². The zero-order chi connectivity index (χ0) is 20.7. The molecule has 3 aromatic rings. The van der Waals surface area contributed by atoms with Gasteiger partial charge in [0.05, 0.1) is 0 Å². The fourth-order valence-corrected chi connectivity index (χ4v) is 5.01. The Balaban J connectivity index is 1.57. The summed E-state index contributed by atoms with van der Waals surface area (Å²) < 4.78 is 3.28. The van der Waals surface area contributed by atoms with E-state index in [0.717, 1.165) is 37.8 Å². The SMILES string of the molecule is O=C(C[n+]1c(O)[n+](C2CCCCC2)c(O)c2ccccc21)N1CCc2ccccc21. The van der Waals surface area contributed by atoms with Crippen molar-refractivity contribution in [1.82, 2.24) is 0 Å². The number of carbonyl (C=O) groups is 1. The van der Waals surface area contributed by atoms with Crippen molar-refractivity contribution in [3.05, 3.63) is 54.1 Å². The van der Waals surface area contributed by atoms with E-state index in [2.05, 4.69) is 6.07 Å². The van der Waals surface area contributed by atoms with Crippen molar-refractivity contribution in [3.8, 4) is 11.9 Å². The minimum absolute atomic E-state index is 0.0215. The smallest absolute Gasteiger partial charge is 0.459 e. The molecule has 0 spiro atoms. The van der Waals surface area contributed by atoms with Crippen molar-refractivity contribution in [3.63, 3.8) is 0 Å². The molecular weight excluding hydrogens is 378 g/mol. The van der Waals surface area contributed by atoms with Crippen LogP contribution in [-0.2, 0) is 17.8 Å². The summed E-state index contributed by atoms with van der Waals surface area (Å²) in [6.45, 7) is 0.672. The largest absolute Gasteiger partial charge is 0.632 e. The maximum atomic E-state index is 13.3. The van der Waals surface area contributed by atoms with Crippen LogP contribution in [0, 0.1) is 0 Å². The Bertz CT molecular complexity index is 1120. The lowest BCUT2D eigenvalue weighted by Gasteiger charge is -2.18. The van der Waals surface area contributed by atoms with Crippen LogP contribution in [0.4, 0.5) is 5.69 Å². The molecule has 0 radical (unpaired) electrons. The molecular formula is C24H27N3O3+2. The molecule has 2 aromatic carbocycles. The molecule has 6 heteroatoms. The molecule has 1 fully saturated rings. The highest BCUT2D eigenvalue weighted by Crippen LogP contribution is 2.30. The van der Waals surface area contributed by atoms with Crippen LogP contribution in [0.5, 0.6) is 11.9 Å². The van der Waals surface area contributed by atoms with Gasteiger partial charge in [-0.15, -0.1) is 0 Å². The fraction of sp³-hybridized carbons (Fsp3) is 0.375. The van der Waals surface area contributed by atoms with Gasteiger partial charge in [-0.3, -0.25) is 4.79 Å². The number of hydrogen-bond acceptors (Lipinski definition) is 3. The molecule has 2 N–H and O–H groups in total. The number of amides is 1. The standard InChI is InChI=1S/C24H25N3O3/c28-22(25-15-14-17-8-4-6-12-20(17)25)16-26-21-13-7-5-11-19(21)23(29)27(24(26)30)18-9-2-1-3-10-18/h4-8,11-13,18H,1-3,9-10,14-16H2/p+2. The second-order valence-electron chi connectivity index (χ2n) is 8.31. The molecule has 1 amide bonds. The highest BCUT2D eigenvalue weighted by molar-refractivity contribution is 5.94. The molecule has 1 aliphatic heterocycles. The number of para-hydroxylation sites is 2. The van der Waals surface area contributed by atoms with Crippen LogP contribution >= 0.6 is 0 Å². The van der Waals surface area contributed by atoms with E-state index < -0.39 is 0 Å². The average Bonchev–Trinajstić information content (AvgIpc) is 3.22. The van der Waals surface area contributed by atoms with Gasteiger partial charge in [-0.05, 0) is 37.0 Å². The van der Waals surface area contributed by atoms with E-state index in [-0.39, 0.29) is 30.4 Å². The van der Waals surface area contributed by atoms with E-state index in [1.807, 2.05) is 42.5 Å². The Hall–Kier alpha value is -3.15. The maximum absolute atomic E-state index is 13.3. The van der Waals surface area contributed by atoms with Crippen molar-refractivity contribution in [2.45, 2.75) is 51.1 Å². The third-order valence-electron chi connectivity index (χ3n) is 6.54. The summed E-state index contributed by atoms with van der Waals surface area (Å²) in [5.74, 6) is 0.0107. The summed E-state index contributed by atoms with van der Waals surface area (Å²) in [4.78, 5) is 15.1. The number of anilines is 1. The molecule has 1 aromatic heterocycles. The molecule has 2 heterocycles. The van der Waals surface area contributed by atoms with Gasteiger partial charge in [0.1, 0.15) is 0 Å². The first-order valence-electron chi connectivity index (χ1n) is 10.8. The van der Waals surface area contributed by atoms with Crippen molar-refractivity contribution in [1.29, 1.82) is 0 Å². The Morgan fingerprint density at radius 2 is 1.73 bits per heavy atom. The van der Waals surface area contributed by atoms with Crippen molar-refractivity contribution in [2.24, 2.45) is 0 Å². The lowest BCUT2D eigenvalue weighted by atomic mass is 9.95. The summed E-state index contributed by atoms with van der Waals surface area (Å²) in [7, 11) is 0. The number of nitrogens with zero attached hydrogens (tertiary/aromatic N) is 3. The average molecular weight is 405 g/mol. The third-order valence-corrected chi connectivity index (χ3v) is 6.54. The molecule has 0 unspecified atom stereocenters. The van der Waals surface area contributed by atoms with Crippen molar-refractivity contribution in [2.75, 3.05) is 11.4 Å². The van der Waals surface area contributed by atoms with Gasteiger partial charge in [0, 0.05) is 31.1 Å². The van der Waals surface area contributed by atoms with Gasteiger partial charge in [-0.25, -0.2) is 0 Å². The van der Waals surface area contributed by atoms with E-state index >= 15 is 0 Å². The number of carbonyl (C=O) groups excluding carboxylic acids is 1. The third kappa shape index (κ3) is 3.07. The van der Waals surface area contributed by atoms with Crippen molar-refractivity contribution >= 4 is 22.5 Å². The predicted molar refractivity (Wildman–Crippen MR) is 112 cm³/mol. The molecule has 0 saturated heterocycles. The van der Waals surface area contributed by atoms with Crippen molar-refractivity contribution < 1.29 is 24.1 Å². The first kappa shape index (κ1) is 18.9. The number of aromatic nitrogens is 2. The molecule has 2 aliphatic rings. The van der Waals surface area contributed by atoms with Gasteiger partial charge in [-0.1, -0.05) is 45.9 Å².